The number of benzene rings is 1. The molecule has 0 spiro atoms. The Labute approximate surface area is 73.0 Å². The summed E-state index contributed by atoms with van der Waals surface area (Å²) in [6.07, 6.45) is 3.89. The summed E-state index contributed by atoms with van der Waals surface area (Å²) in [6, 6.07) is 6.75. The molecule has 0 N–H and O–H groups in total. The number of aryl methyl sites for hydroxylation is 2. The Morgan fingerprint density at radius 1 is 1.18 bits per heavy atom. The molecule has 0 nitrogen and oxygen atoms in total. The third kappa shape index (κ3) is 1.30. The van der Waals surface area contributed by atoms with Gasteiger partial charge in [-0.2, -0.15) is 12.6 Å². The maximum absolute atomic E-state index is 4.25. The van der Waals surface area contributed by atoms with E-state index in [1.807, 2.05) is 0 Å². The quantitative estimate of drug-likeness (QED) is 0.606. The minimum atomic E-state index is 0.868. The second kappa shape index (κ2) is 2.90. The Hall–Kier alpha value is -0.430. The van der Waals surface area contributed by atoms with Gasteiger partial charge in [0.2, 0.25) is 0 Å². The fraction of sp³-hybridized carbons (Fsp3) is 0.400. The van der Waals surface area contributed by atoms with Crippen LogP contribution in [0.4, 0.5) is 0 Å². The molecule has 1 aromatic rings. The smallest absolute Gasteiger partial charge is 0.0154 e. The van der Waals surface area contributed by atoms with Gasteiger partial charge >= 0.3 is 0 Å². The van der Waals surface area contributed by atoms with Crippen LogP contribution >= 0.6 is 12.6 Å². The van der Waals surface area contributed by atoms with Gasteiger partial charge in [0.15, 0.2) is 0 Å². The molecule has 0 aromatic heterocycles. The van der Waals surface area contributed by atoms with E-state index >= 15 is 0 Å². The zero-order valence-electron chi connectivity index (χ0n) is 6.51. The van der Waals surface area contributed by atoms with Crippen LogP contribution in [0.25, 0.3) is 0 Å². The summed E-state index contributed by atoms with van der Waals surface area (Å²) in [5.41, 5.74) is 4.46. The largest absolute Gasteiger partial charge is 0.175 e. The highest BCUT2D eigenvalue weighted by atomic mass is 32.1. The molecule has 0 radical (unpaired) electrons. The standard InChI is InChI=1S/C10H12S/c11-7-8-4-5-9-2-1-3-10(9)6-8/h4-6,11H,1-3,7H2. The Morgan fingerprint density at radius 2 is 2.00 bits per heavy atom. The first-order valence-electron chi connectivity index (χ1n) is 4.11. The van der Waals surface area contributed by atoms with Crippen LogP contribution in [0.1, 0.15) is 23.1 Å². The molecule has 1 heteroatoms. The monoisotopic (exact) mass is 164 g/mol. The van der Waals surface area contributed by atoms with Crippen molar-refractivity contribution in [1.29, 1.82) is 0 Å². The maximum Gasteiger partial charge on any atom is 0.0154 e. The highest BCUT2D eigenvalue weighted by molar-refractivity contribution is 7.79. The lowest BCUT2D eigenvalue weighted by Crippen LogP contribution is -1.84. The van der Waals surface area contributed by atoms with Crippen molar-refractivity contribution in [3.8, 4) is 0 Å². The molecular weight excluding hydrogens is 152 g/mol. The number of fused-ring (bicyclic) bond motifs is 1. The fourth-order valence-electron chi connectivity index (χ4n) is 1.72. The van der Waals surface area contributed by atoms with Gasteiger partial charge in [0.05, 0.1) is 0 Å². The molecule has 1 aliphatic rings. The molecule has 58 valence electrons. The van der Waals surface area contributed by atoms with Gasteiger partial charge in [0, 0.05) is 5.75 Å². The Bertz CT molecular complexity index is 266. The van der Waals surface area contributed by atoms with Crippen molar-refractivity contribution in [2.75, 3.05) is 0 Å². The third-order valence-electron chi connectivity index (χ3n) is 2.35. The molecule has 11 heavy (non-hydrogen) atoms. The van der Waals surface area contributed by atoms with Gasteiger partial charge in [0.1, 0.15) is 0 Å². The molecule has 0 amide bonds. The lowest BCUT2D eigenvalue weighted by atomic mass is 10.1. The van der Waals surface area contributed by atoms with Gasteiger partial charge < -0.3 is 0 Å². The summed E-state index contributed by atoms with van der Waals surface area (Å²) < 4.78 is 0. The number of rotatable bonds is 1. The van der Waals surface area contributed by atoms with E-state index in [1.165, 1.54) is 24.8 Å². The minimum absolute atomic E-state index is 0.868. The highest BCUT2D eigenvalue weighted by Crippen LogP contribution is 2.23. The highest BCUT2D eigenvalue weighted by Gasteiger charge is 2.09. The zero-order valence-corrected chi connectivity index (χ0v) is 7.40. The lowest BCUT2D eigenvalue weighted by molar-refractivity contribution is 0.911. The van der Waals surface area contributed by atoms with Gasteiger partial charge in [-0.05, 0) is 36.0 Å². The fourth-order valence-corrected chi connectivity index (χ4v) is 1.92. The average Bonchev–Trinajstić information content (AvgIpc) is 2.50. The van der Waals surface area contributed by atoms with E-state index in [4.69, 9.17) is 0 Å². The van der Waals surface area contributed by atoms with E-state index in [0.29, 0.717) is 0 Å². The summed E-state index contributed by atoms with van der Waals surface area (Å²) in [7, 11) is 0. The molecule has 1 aliphatic carbocycles. The summed E-state index contributed by atoms with van der Waals surface area (Å²) in [6.45, 7) is 0. The summed E-state index contributed by atoms with van der Waals surface area (Å²) in [5, 5.41) is 0. The maximum atomic E-state index is 4.25. The minimum Gasteiger partial charge on any atom is -0.175 e. The van der Waals surface area contributed by atoms with E-state index in [0.717, 1.165) is 5.75 Å². The summed E-state index contributed by atoms with van der Waals surface area (Å²) in [5.74, 6) is 0.868. The molecule has 2 rings (SSSR count). The van der Waals surface area contributed by atoms with Crippen LogP contribution in [0.2, 0.25) is 0 Å². The zero-order chi connectivity index (χ0) is 7.68. The number of thiol groups is 1. The molecule has 0 saturated carbocycles. The van der Waals surface area contributed by atoms with E-state index in [2.05, 4.69) is 30.8 Å². The Kier molecular flexibility index (Phi) is 1.91. The molecule has 0 fully saturated rings. The predicted octanol–water partition coefficient (Wildman–Crippen LogP) is 2.61. The van der Waals surface area contributed by atoms with Crippen molar-refractivity contribution in [2.45, 2.75) is 25.0 Å². The molecular formula is C10H12S. The molecule has 0 bridgehead atoms. The third-order valence-corrected chi connectivity index (χ3v) is 2.71. The van der Waals surface area contributed by atoms with E-state index in [1.54, 1.807) is 11.1 Å². The van der Waals surface area contributed by atoms with Gasteiger partial charge in [0.25, 0.3) is 0 Å². The van der Waals surface area contributed by atoms with Crippen molar-refractivity contribution in [2.24, 2.45) is 0 Å². The van der Waals surface area contributed by atoms with Crippen molar-refractivity contribution < 1.29 is 0 Å². The van der Waals surface area contributed by atoms with Crippen molar-refractivity contribution in [3.63, 3.8) is 0 Å². The molecule has 0 atom stereocenters. The van der Waals surface area contributed by atoms with Crippen LogP contribution in [0.3, 0.4) is 0 Å². The van der Waals surface area contributed by atoms with E-state index in [-0.39, 0.29) is 0 Å². The first kappa shape index (κ1) is 7.23. The van der Waals surface area contributed by atoms with Crippen LogP contribution in [-0.4, -0.2) is 0 Å². The average molecular weight is 164 g/mol. The topological polar surface area (TPSA) is 0 Å². The molecule has 0 aliphatic heterocycles. The summed E-state index contributed by atoms with van der Waals surface area (Å²) >= 11 is 4.25. The lowest BCUT2D eigenvalue weighted by Gasteiger charge is -2.00. The van der Waals surface area contributed by atoms with E-state index < -0.39 is 0 Å². The van der Waals surface area contributed by atoms with E-state index in [9.17, 15) is 0 Å². The number of hydrogen-bond donors (Lipinski definition) is 1. The van der Waals surface area contributed by atoms with Crippen LogP contribution in [0.15, 0.2) is 18.2 Å². The van der Waals surface area contributed by atoms with Gasteiger partial charge in [-0.3, -0.25) is 0 Å². The van der Waals surface area contributed by atoms with Crippen molar-refractivity contribution in [1.82, 2.24) is 0 Å². The first-order chi connectivity index (χ1) is 5.40. The van der Waals surface area contributed by atoms with Crippen LogP contribution in [0.5, 0.6) is 0 Å². The Morgan fingerprint density at radius 3 is 2.82 bits per heavy atom. The van der Waals surface area contributed by atoms with Crippen LogP contribution < -0.4 is 0 Å². The summed E-state index contributed by atoms with van der Waals surface area (Å²) in [4.78, 5) is 0. The second-order valence-corrected chi connectivity index (χ2v) is 3.43. The van der Waals surface area contributed by atoms with Crippen LogP contribution in [0, 0.1) is 0 Å². The molecule has 0 saturated heterocycles. The normalized spacial score (nSPS) is 15.0. The van der Waals surface area contributed by atoms with Crippen molar-refractivity contribution in [3.05, 3.63) is 34.9 Å². The molecule has 0 unspecified atom stereocenters. The van der Waals surface area contributed by atoms with Crippen molar-refractivity contribution >= 4 is 12.6 Å². The number of hydrogen-bond acceptors (Lipinski definition) is 1. The molecule has 0 heterocycles. The SMILES string of the molecule is SCc1ccc2c(c1)CCC2. The molecule has 1 aromatic carbocycles. The van der Waals surface area contributed by atoms with Crippen LogP contribution in [-0.2, 0) is 18.6 Å². The Balaban J connectivity index is 2.41. The first-order valence-corrected chi connectivity index (χ1v) is 4.75. The predicted molar refractivity (Wildman–Crippen MR) is 51.2 cm³/mol. The van der Waals surface area contributed by atoms with Gasteiger partial charge in [-0.15, -0.1) is 0 Å². The second-order valence-electron chi connectivity index (χ2n) is 3.11. The van der Waals surface area contributed by atoms with Gasteiger partial charge in [-0.1, -0.05) is 18.2 Å². The van der Waals surface area contributed by atoms with Gasteiger partial charge in [-0.25, -0.2) is 0 Å².